The molecule has 1 atom stereocenters. The first-order valence-corrected chi connectivity index (χ1v) is 8.19. The van der Waals surface area contributed by atoms with Crippen LogP contribution in [0.15, 0.2) is 11.6 Å². The van der Waals surface area contributed by atoms with Crippen LogP contribution < -0.4 is 0 Å². The number of esters is 1. The Bertz CT molecular complexity index is 452. The van der Waals surface area contributed by atoms with E-state index in [1.807, 2.05) is 20.8 Å². The lowest BCUT2D eigenvalue weighted by Crippen LogP contribution is -2.41. The molecule has 2 rings (SSSR count). The topological polar surface area (TPSA) is 44.8 Å². The predicted octanol–water partition coefficient (Wildman–Crippen LogP) is 3.98. The summed E-state index contributed by atoms with van der Waals surface area (Å²) in [4.78, 5) is 12.1. The predicted molar refractivity (Wildman–Crippen MR) is 85.4 cm³/mol. The van der Waals surface area contributed by atoms with Crippen LogP contribution in [0, 0.1) is 5.92 Å². The molecule has 0 N–H and O–H groups in total. The minimum atomic E-state index is -0.424. The van der Waals surface area contributed by atoms with Gasteiger partial charge < -0.3 is 14.2 Å². The monoisotopic (exact) mass is 310 g/mol. The molecule has 0 aromatic rings. The fraction of sp³-hybridized carbons (Fsp3) is 0.833. The normalized spacial score (nSPS) is 28.3. The molecule has 2 aliphatic rings. The first-order valence-electron chi connectivity index (χ1n) is 8.19. The second-order valence-corrected chi connectivity index (χ2v) is 8.37. The Morgan fingerprint density at radius 2 is 1.73 bits per heavy atom. The molecule has 1 unspecified atom stereocenters. The largest absolute Gasteiger partial charge is 0.460 e. The zero-order valence-electron chi connectivity index (χ0n) is 15.0. The van der Waals surface area contributed by atoms with Crippen LogP contribution in [0.2, 0.25) is 0 Å². The molecule has 0 saturated carbocycles. The highest BCUT2D eigenvalue weighted by Gasteiger charge is 2.50. The van der Waals surface area contributed by atoms with E-state index in [9.17, 15) is 4.79 Å². The third-order valence-corrected chi connectivity index (χ3v) is 4.74. The van der Waals surface area contributed by atoms with Gasteiger partial charge in [-0.15, -0.1) is 0 Å². The zero-order chi connectivity index (χ0) is 16.8. The fourth-order valence-electron chi connectivity index (χ4n) is 2.66. The van der Waals surface area contributed by atoms with E-state index in [4.69, 9.17) is 14.2 Å². The van der Waals surface area contributed by atoms with E-state index in [0.29, 0.717) is 6.42 Å². The van der Waals surface area contributed by atoms with Crippen LogP contribution in [0.1, 0.15) is 67.7 Å². The van der Waals surface area contributed by atoms with Gasteiger partial charge in [-0.2, -0.15) is 0 Å². The third kappa shape index (κ3) is 3.72. The lowest BCUT2D eigenvalue weighted by molar-refractivity contribution is -0.160. The first kappa shape index (κ1) is 17.5. The van der Waals surface area contributed by atoms with Crippen molar-refractivity contribution >= 4 is 5.97 Å². The molecule has 1 aliphatic heterocycles. The van der Waals surface area contributed by atoms with Gasteiger partial charge in [-0.3, -0.25) is 4.79 Å². The summed E-state index contributed by atoms with van der Waals surface area (Å²) >= 11 is 0. The van der Waals surface area contributed by atoms with Gasteiger partial charge in [0.25, 0.3) is 0 Å². The number of rotatable bonds is 2. The molecule has 4 nitrogen and oxygen atoms in total. The Labute approximate surface area is 134 Å². The van der Waals surface area contributed by atoms with Gasteiger partial charge in [-0.1, -0.05) is 6.08 Å². The van der Waals surface area contributed by atoms with E-state index < -0.39 is 5.60 Å². The van der Waals surface area contributed by atoms with E-state index in [2.05, 4.69) is 33.8 Å². The maximum absolute atomic E-state index is 12.1. The number of allylic oxidation sites excluding steroid dienone is 1. The molecule has 1 fully saturated rings. The second-order valence-electron chi connectivity index (χ2n) is 8.37. The van der Waals surface area contributed by atoms with Gasteiger partial charge in [-0.05, 0) is 73.3 Å². The minimum Gasteiger partial charge on any atom is -0.460 e. The smallest absolute Gasteiger partial charge is 0.309 e. The summed E-state index contributed by atoms with van der Waals surface area (Å²) in [6, 6.07) is 0. The SMILES string of the molecule is CC(C)(C)OC(=O)C1CC=C(C2OC(C)(C)C(C)(C)O2)CC1. The molecule has 22 heavy (non-hydrogen) atoms. The molecule has 0 aromatic carbocycles. The van der Waals surface area contributed by atoms with Crippen molar-refractivity contribution in [3.63, 3.8) is 0 Å². The molecule has 4 heteroatoms. The summed E-state index contributed by atoms with van der Waals surface area (Å²) in [7, 11) is 0. The van der Waals surface area contributed by atoms with E-state index in [0.717, 1.165) is 18.4 Å². The van der Waals surface area contributed by atoms with Crippen molar-refractivity contribution in [2.24, 2.45) is 5.92 Å². The molecule has 1 saturated heterocycles. The number of hydrogen-bond acceptors (Lipinski definition) is 4. The average Bonchev–Trinajstić information content (AvgIpc) is 2.56. The zero-order valence-corrected chi connectivity index (χ0v) is 15.0. The van der Waals surface area contributed by atoms with Gasteiger partial charge in [0.15, 0.2) is 6.29 Å². The molecule has 0 bridgehead atoms. The van der Waals surface area contributed by atoms with E-state index >= 15 is 0 Å². The summed E-state index contributed by atoms with van der Waals surface area (Å²) in [6.45, 7) is 13.9. The van der Waals surface area contributed by atoms with Gasteiger partial charge in [0.05, 0.1) is 17.1 Å². The molecule has 126 valence electrons. The van der Waals surface area contributed by atoms with Crippen molar-refractivity contribution < 1.29 is 19.0 Å². The highest BCUT2D eigenvalue weighted by atomic mass is 16.7. The van der Waals surface area contributed by atoms with Gasteiger partial charge in [0.2, 0.25) is 0 Å². The van der Waals surface area contributed by atoms with E-state index in [1.165, 1.54) is 0 Å². The van der Waals surface area contributed by atoms with Crippen molar-refractivity contribution in [2.75, 3.05) is 0 Å². The Morgan fingerprint density at radius 3 is 2.14 bits per heavy atom. The van der Waals surface area contributed by atoms with E-state index in [1.54, 1.807) is 0 Å². The van der Waals surface area contributed by atoms with Crippen LogP contribution in [0.5, 0.6) is 0 Å². The molecule has 1 aliphatic carbocycles. The van der Waals surface area contributed by atoms with Crippen molar-refractivity contribution in [3.05, 3.63) is 11.6 Å². The number of ether oxygens (including phenoxy) is 3. The Morgan fingerprint density at radius 1 is 1.18 bits per heavy atom. The van der Waals surface area contributed by atoms with E-state index in [-0.39, 0.29) is 29.4 Å². The average molecular weight is 310 g/mol. The Kier molecular flexibility index (Phi) is 4.48. The lowest BCUT2D eigenvalue weighted by Gasteiger charge is -2.30. The Balaban J connectivity index is 1.97. The molecular formula is C18H30O4. The maximum atomic E-state index is 12.1. The second kappa shape index (κ2) is 5.64. The molecule has 0 spiro atoms. The number of carbonyl (C=O) groups is 1. The Hall–Kier alpha value is -0.870. The van der Waals surface area contributed by atoms with Crippen molar-refractivity contribution in [1.82, 2.24) is 0 Å². The van der Waals surface area contributed by atoms with Crippen LogP contribution in [-0.4, -0.2) is 29.1 Å². The van der Waals surface area contributed by atoms with Crippen molar-refractivity contribution in [2.45, 2.75) is 90.8 Å². The third-order valence-electron chi connectivity index (χ3n) is 4.74. The van der Waals surface area contributed by atoms with Crippen molar-refractivity contribution in [3.8, 4) is 0 Å². The first-order chi connectivity index (χ1) is 9.91. The highest BCUT2D eigenvalue weighted by molar-refractivity contribution is 5.73. The minimum absolute atomic E-state index is 0.0506. The van der Waals surface area contributed by atoms with Gasteiger partial charge in [-0.25, -0.2) is 0 Å². The number of carbonyl (C=O) groups excluding carboxylic acids is 1. The van der Waals surface area contributed by atoms with Crippen molar-refractivity contribution in [1.29, 1.82) is 0 Å². The van der Waals surface area contributed by atoms with Gasteiger partial charge in [0, 0.05) is 0 Å². The van der Waals surface area contributed by atoms with Crippen LogP contribution in [-0.2, 0) is 19.0 Å². The molecular weight excluding hydrogens is 280 g/mol. The summed E-state index contributed by atoms with van der Waals surface area (Å²) in [5.41, 5.74) is 0.0897. The standard InChI is InChI=1S/C18H30O4/c1-16(2,3)20-14(19)12-8-10-13(11-9-12)15-21-17(4,5)18(6,7)22-15/h10,12,15H,8-9,11H2,1-7H3. The molecule has 1 heterocycles. The maximum Gasteiger partial charge on any atom is 0.309 e. The summed E-state index contributed by atoms with van der Waals surface area (Å²) in [5, 5.41) is 0. The summed E-state index contributed by atoms with van der Waals surface area (Å²) in [5.74, 6) is -0.151. The number of hydrogen-bond donors (Lipinski definition) is 0. The van der Waals surface area contributed by atoms with Crippen LogP contribution in [0.25, 0.3) is 0 Å². The van der Waals surface area contributed by atoms with Crippen LogP contribution >= 0.6 is 0 Å². The molecule has 0 radical (unpaired) electrons. The van der Waals surface area contributed by atoms with Crippen LogP contribution in [0.3, 0.4) is 0 Å². The molecule has 0 amide bonds. The van der Waals surface area contributed by atoms with Crippen LogP contribution in [0.4, 0.5) is 0 Å². The summed E-state index contributed by atoms with van der Waals surface area (Å²) in [6.07, 6.45) is 4.13. The quantitative estimate of drug-likeness (QED) is 0.571. The highest BCUT2D eigenvalue weighted by Crippen LogP contribution is 2.42. The summed E-state index contributed by atoms with van der Waals surface area (Å²) < 4.78 is 17.6. The van der Waals surface area contributed by atoms with Gasteiger partial charge >= 0.3 is 5.97 Å². The lowest BCUT2D eigenvalue weighted by atomic mass is 9.89. The van der Waals surface area contributed by atoms with Gasteiger partial charge in [0.1, 0.15) is 5.60 Å². The molecule has 0 aromatic heterocycles. The fourth-order valence-corrected chi connectivity index (χ4v) is 2.66.